The molecule has 1 fully saturated rings. The molecule has 3 amide bonds. The average Bonchev–Trinajstić information content (AvgIpc) is 2.97. The molecule has 1 saturated heterocycles. The lowest BCUT2D eigenvalue weighted by molar-refractivity contribution is -0.130. The van der Waals surface area contributed by atoms with Crippen molar-refractivity contribution in [2.45, 2.75) is 12.5 Å². The van der Waals surface area contributed by atoms with Gasteiger partial charge in [0.15, 0.2) is 0 Å². The van der Waals surface area contributed by atoms with E-state index in [0.717, 1.165) is 15.8 Å². The molecule has 0 aromatic heterocycles. The summed E-state index contributed by atoms with van der Waals surface area (Å²) in [6.45, 7) is 0.832. The zero-order valence-electron chi connectivity index (χ0n) is 11.2. The zero-order chi connectivity index (χ0) is 15.1. The molecule has 110 valence electrons. The van der Waals surface area contributed by atoms with Gasteiger partial charge < -0.3 is 10.6 Å². The Morgan fingerprint density at radius 2 is 2.00 bits per heavy atom. The Labute approximate surface area is 130 Å². The van der Waals surface area contributed by atoms with Crippen molar-refractivity contribution in [1.82, 2.24) is 9.80 Å². The fourth-order valence-electron chi connectivity index (χ4n) is 2.66. The minimum absolute atomic E-state index is 0.0212. The van der Waals surface area contributed by atoms with Crippen LogP contribution in [0.4, 0.5) is 0 Å². The number of likely N-dealkylation sites (tertiary alicyclic amines) is 1. The van der Waals surface area contributed by atoms with E-state index in [-0.39, 0.29) is 18.5 Å². The topological polar surface area (TPSA) is 83.7 Å². The number of hydrogen-bond donors (Lipinski definition) is 1. The Morgan fingerprint density at radius 1 is 1.29 bits per heavy atom. The van der Waals surface area contributed by atoms with Gasteiger partial charge in [0.2, 0.25) is 5.91 Å². The van der Waals surface area contributed by atoms with E-state index in [1.807, 2.05) is 0 Å². The molecule has 7 heteroatoms. The summed E-state index contributed by atoms with van der Waals surface area (Å²) in [7, 11) is 0. The summed E-state index contributed by atoms with van der Waals surface area (Å²) in [5.41, 5.74) is 6.44. The highest BCUT2D eigenvalue weighted by molar-refractivity contribution is 9.10. The highest BCUT2D eigenvalue weighted by atomic mass is 79.9. The number of halogens is 1. The van der Waals surface area contributed by atoms with Gasteiger partial charge in [-0.3, -0.25) is 19.3 Å². The average molecular weight is 352 g/mol. The molecule has 1 aromatic rings. The first kappa shape index (κ1) is 14.2. The molecule has 6 nitrogen and oxygen atoms in total. The number of nitrogens with zero attached hydrogens (tertiary/aromatic N) is 2. The van der Waals surface area contributed by atoms with Gasteiger partial charge in [-0.25, -0.2) is 0 Å². The van der Waals surface area contributed by atoms with Crippen molar-refractivity contribution in [2.24, 2.45) is 5.73 Å². The molecule has 0 spiro atoms. The summed E-state index contributed by atoms with van der Waals surface area (Å²) in [4.78, 5) is 39.3. The van der Waals surface area contributed by atoms with Crippen LogP contribution in [-0.4, -0.2) is 53.2 Å². The summed E-state index contributed by atoms with van der Waals surface area (Å²) < 4.78 is 0.723. The summed E-state index contributed by atoms with van der Waals surface area (Å²) in [6.07, 6.45) is 0.751. The lowest BCUT2D eigenvalue weighted by atomic mass is 10.1. The summed E-state index contributed by atoms with van der Waals surface area (Å²) >= 11 is 3.27. The van der Waals surface area contributed by atoms with E-state index >= 15 is 0 Å². The fourth-order valence-corrected chi connectivity index (χ4v) is 3.02. The highest BCUT2D eigenvalue weighted by Crippen LogP contribution is 2.26. The molecule has 1 aromatic carbocycles. The third-order valence-electron chi connectivity index (χ3n) is 3.80. The van der Waals surface area contributed by atoms with Gasteiger partial charge in [-0.2, -0.15) is 0 Å². The molecule has 2 aliphatic heterocycles. The van der Waals surface area contributed by atoms with E-state index in [1.54, 1.807) is 23.1 Å². The standard InChI is InChI=1S/C14H14BrN3O3/c15-8-1-2-10-11(5-8)14(21)18(13(10)20)7-12(19)17-4-3-9(16)6-17/h1-2,5,9H,3-4,6-7,16H2/t9-/m1/s1. The molecule has 1 atom stereocenters. The van der Waals surface area contributed by atoms with Gasteiger partial charge in [-0.05, 0) is 24.6 Å². The first-order valence-electron chi connectivity index (χ1n) is 6.66. The highest BCUT2D eigenvalue weighted by Gasteiger charge is 2.38. The minimum atomic E-state index is -0.423. The molecular formula is C14H14BrN3O3. The first-order valence-corrected chi connectivity index (χ1v) is 7.46. The lowest BCUT2D eigenvalue weighted by Gasteiger charge is -2.19. The van der Waals surface area contributed by atoms with E-state index in [2.05, 4.69) is 15.9 Å². The number of nitrogens with two attached hydrogens (primary N) is 1. The Balaban J connectivity index is 1.77. The quantitative estimate of drug-likeness (QED) is 0.791. The van der Waals surface area contributed by atoms with Crippen molar-refractivity contribution in [2.75, 3.05) is 19.6 Å². The van der Waals surface area contributed by atoms with Gasteiger partial charge in [0, 0.05) is 23.6 Å². The predicted molar refractivity (Wildman–Crippen MR) is 78.7 cm³/mol. The monoisotopic (exact) mass is 351 g/mol. The van der Waals surface area contributed by atoms with Gasteiger partial charge in [0.25, 0.3) is 11.8 Å². The summed E-state index contributed by atoms with van der Waals surface area (Å²) in [6, 6.07) is 4.88. The van der Waals surface area contributed by atoms with Crippen molar-refractivity contribution < 1.29 is 14.4 Å². The summed E-state index contributed by atoms with van der Waals surface area (Å²) in [5.74, 6) is -1.08. The largest absolute Gasteiger partial charge is 0.340 e. The number of carbonyl (C=O) groups excluding carboxylic acids is 3. The van der Waals surface area contributed by atoms with Crippen LogP contribution in [0.3, 0.4) is 0 Å². The second-order valence-electron chi connectivity index (χ2n) is 5.27. The Morgan fingerprint density at radius 3 is 2.67 bits per heavy atom. The number of fused-ring (bicyclic) bond motifs is 1. The van der Waals surface area contributed by atoms with Crippen molar-refractivity contribution in [3.8, 4) is 0 Å². The maximum absolute atomic E-state index is 12.3. The van der Waals surface area contributed by atoms with Crippen LogP contribution in [-0.2, 0) is 4.79 Å². The molecule has 21 heavy (non-hydrogen) atoms. The van der Waals surface area contributed by atoms with Crippen molar-refractivity contribution >= 4 is 33.7 Å². The number of imide groups is 1. The molecule has 0 saturated carbocycles. The van der Waals surface area contributed by atoms with E-state index in [4.69, 9.17) is 5.73 Å². The van der Waals surface area contributed by atoms with Gasteiger partial charge in [-0.1, -0.05) is 15.9 Å². The third kappa shape index (κ3) is 2.47. The number of hydrogen-bond acceptors (Lipinski definition) is 4. The smallest absolute Gasteiger partial charge is 0.262 e. The van der Waals surface area contributed by atoms with Gasteiger partial charge in [-0.15, -0.1) is 0 Å². The molecule has 3 rings (SSSR count). The van der Waals surface area contributed by atoms with Crippen molar-refractivity contribution in [1.29, 1.82) is 0 Å². The van der Waals surface area contributed by atoms with Gasteiger partial charge in [0.05, 0.1) is 11.1 Å². The molecular weight excluding hydrogens is 338 g/mol. The van der Waals surface area contributed by atoms with Crippen LogP contribution in [0.2, 0.25) is 0 Å². The third-order valence-corrected chi connectivity index (χ3v) is 4.30. The molecule has 0 bridgehead atoms. The number of benzene rings is 1. The SMILES string of the molecule is N[C@@H]1CCN(C(=O)CN2C(=O)c3ccc(Br)cc3C2=O)C1. The Kier molecular flexibility index (Phi) is 3.54. The molecule has 0 radical (unpaired) electrons. The van der Waals surface area contributed by atoms with Gasteiger partial charge >= 0.3 is 0 Å². The van der Waals surface area contributed by atoms with Crippen LogP contribution in [0.15, 0.2) is 22.7 Å². The summed E-state index contributed by atoms with van der Waals surface area (Å²) in [5, 5.41) is 0. The van der Waals surface area contributed by atoms with Crippen LogP contribution >= 0.6 is 15.9 Å². The number of amides is 3. The maximum atomic E-state index is 12.3. The molecule has 2 aliphatic rings. The Bertz CT molecular complexity index is 646. The molecule has 0 aliphatic carbocycles. The fraction of sp³-hybridized carbons (Fsp3) is 0.357. The van der Waals surface area contributed by atoms with Crippen LogP contribution in [0.5, 0.6) is 0 Å². The Hall–Kier alpha value is -1.73. The van der Waals surface area contributed by atoms with E-state index in [1.165, 1.54) is 0 Å². The zero-order valence-corrected chi connectivity index (χ0v) is 12.8. The lowest BCUT2D eigenvalue weighted by Crippen LogP contribution is -2.42. The van der Waals surface area contributed by atoms with Crippen LogP contribution < -0.4 is 5.73 Å². The van der Waals surface area contributed by atoms with E-state index < -0.39 is 11.8 Å². The first-order chi connectivity index (χ1) is 9.97. The van der Waals surface area contributed by atoms with Crippen LogP contribution in [0.25, 0.3) is 0 Å². The predicted octanol–water partition coefficient (Wildman–Crippen LogP) is 0.605. The maximum Gasteiger partial charge on any atom is 0.262 e. The van der Waals surface area contributed by atoms with E-state index in [0.29, 0.717) is 24.2 Å². The van der Waals surface area contributed by atoms with E-state index in [9.17, 15) is 14.4 Å². The van der Waals surface area contributed by atoms with Crippen LogP contribution in [0, 0.1) is 0 Å². The van der Waals surface area contributed by atoms with Crippen molar-refractivity contribution in [3.63, 3.8) is 0 Å². The second kappa shape index (κ2) is 5.23. The minimum Gasteiger partial charge on any atom is -0.340 e. The van der Waals surface area contributed by atoms with Crippen molar-refractivity contribution in [3.05, 3.63) is 33.8 Å². The number of carbonyl (C=O) groups is 3. The molecule has 2 heterocycles. The second-order valence-corrected chi connectivity index (χ2v) is 6.19. The normalized spacial score (nSPS) is 21.1. The molecule has 0 unspecified atom stereocenters. The van der Waals surface area contributed by atoms with Gasteiger partial charge in [0.1, 0.15) is 6.54 Å². The number of rotatable bonds is 2. The molecule has 2 N–H and O–H groups in total. The van der Waals surface area contributed by atoms with Crippen LogP contribution in [0.1, 0.15) is 27.1 Å².